The summed E-state index contributed by atoms with van der Waals surface area (Å²) in [4.78, 5) is 0. The zero-order valence-electron chi connectivity index (χ0n) is 6.80. The minimum Gasteiger partial charge on any atom is -0.228 e. The summed E-state index contributed by atoms with van der Waals surface area (Å²) < 4.78 is 58.9. The van der Waals surface area contributed by atoms with Crippen molar-refractivity contribution in [2.45, 2.75) is 5.75 Å². The van der Waals surface area contributed by atoms with Gasteiger partial charge in [0.05, 0.1) is 5.75 Å². The van der Waals surface area contributed by atoms with Crippen LogP contribution in [0.15, 0.2) is 12.1 Å². The van der Waals surface area contributed by atoms with E-state index in [1.165, 1.54) is 0 Å². The van der Waals surface area contributed by atoms with Gasteiger partial charge in [-0.1, -0.05) is 6.07 Å². The SMILES string of the molecule is NS(=O)(=O)Cc1ccc(F)c(F)c1F. The number of hydrogen-bond acceptors (Lipinski definition) is 2. The van der Waals surface area contributed by atoms with E-state index in [0.717, 1.165) is 6.07 Å². The number of hydrogen-bond donors (Lipinski definition) is 1. The maximum atomic E-state index is 12.9. The van der Waals surface area contributed by atoms with Gasteiger partial charge in [-0.05, 0) is 6.07 Å². The fourth-order valence-electron chi connectivity index (χ4n) is 0.894. The van der Waals surface area contributed by atoms with E-state index >= 15 is 0 Å². The molecule has 0 bridgehead atoms. The molecule has 2 N–H and O–H groups in total. The molecule has 78 valence electrons. The topological polar surface area (TPSA) is 60.2 Å². The van der Waals surface area contributed by atoms with Gasteiger partial charge < -0.3 is 0 Å². The van der Waals surface area contributed by atoms with Crippen LogP contribution < -0.4 is 5.14 Å². The molecule has 0 heterocycles. The molecule has 0 unspecified atom stereocenters. The van der Waals surface area contributed by atoms with Gasteiger partial charge in [-0.2, -0.15) is 0 Å². The molecule has 0 aliphatic heterocycles. The van der Waals surface area contributed by atoms with E-state index < -0.39 is 38.8 Å². The predicted octanol–water partition coefficient (Wildman–Crippen LogP) is 0.892. The molecule has 0 spiro atoms. The molecule has 0 aliphatic rings. The fraction of sp³-hybridized carbons (Fsp3) is 0.143. The van der Waals surface area contributed by atoms with E-state index in [0.29, 0.717) is 6.07 Å². The minimum atomic E-state index is -3.96. The Hall–Kier alpha value is -1.08. The average molecular weight is 225 g/mol. The third-order valence-corrected chi connectivity index (χ3v) is 2.19. The number of benzene rings is 1. The van der Waals surface area contributed by atoms with Gasteiger partial charge in [0.25, 0.3) is 0 Å². The highest BCUT2D eigenvalue weighted by Gasteiger charge is 2.16. The van der Waals surface area contributed by atoms with Crippen molar-refractivity contribution in [3.63, 3.8) is 0 Å². The van der Waals surface area contributed by atoms with E-state index in [-0.39, 0.29) is 0 Å². The van der Waals surface area contributed by atoms with Gasteiger partial charge in [0, 0.05) is 5.56 Å². The highest BCUT2D eigenvalue weighted by molar-refractivity contribution is 7.88. The quantitative estimate of drug-likeness (QED) is 0.760. The van der Waals surface area contributed by atoms with Crippen LogP contribution in [0, 0.1) is 17.5 Å². The van der Waals surface area contributed by atoms with Gasteiger partial charge in [0.1, 0.15) is 0 Å². The smallest absolute Gasteiger partial charge is 0.213 e. The molecule has 1 aromatic carbocycles. The Morgan fingerprint density at radius 1 is 1.14 bits per heavy atom. The van der Waals surface area contributed by atoms with Crippen LogP contribution in [0.2, 0.25) is 0 Å². The Morgan fingerprint density at radius 3 is 2.21 bits per heavy atom. The number of primary sulfonamides is 1. The molecule has 0 aliphatic carbocycles. The summed E-state index contributed by atoms with van der Waals surface area (Å²) in [6.45, 7) is 0. The molecule has 0 aromatic heterocycles. The maximum Gasteiger partial charge on any atom is 0.213 e. The van der Waals surface area contributed by atoms with Crippen molar-refractivity contribution in [3.05, 3.63) is 35.1 Å². The van der Waals surface area contributed by atoms with Gasteiger partial charge in [-0.25, -0.2) is 26.7 Å². The molecule has 7 heteroatoms. The third-order valence-electron chi connectivity index (χ3n) is 1.47. The zero-order valence-corrected chi connectivity index (χ0v) is 7.61. The van der Waals surface area contributed by atoms with E-state index in [9.17, 15) is 21.6 Å². The Kier molecular flexibility index (Phi) is 2.81. The summed E-state index contributed by atoms with van der Waals surface area (Å²) in [6, 6.07) is 1.47. The van der Waals surface area contributed by atoms with Crippen LogP contribution in [0.1, 0.15) is 5.56 Å². The normalized spacial score (nSPS) is 11.7. The highest BCUT2D eigenvalue weighted by Crippen LogP contribution is 2.16. The van der Waals surface area contributed by atoms with Crippen molar-refractivity contribution in [2.75, 3.05) is 0 Å². The number of sulfonamides is 1. The number of nitrogens with two attached hydrogens (primary N) is 1. The highest BCUT2D eigenvalue weighted by atomic mass is 32.2. The molecule has 0 fully saturated rings. The Bertz CT molecular complexity index is 458. The molecular formula is C7H6F3NO2S. The molecule has 0 saturated carbocycles. The molecule has 0 radical (unpaired) electrons. The van der Waals surface area contributed by atoms with Gasteiger partial charge >= 0.3 is 0 Å². The van der Waals surface area contributed by atoms with Crippen molar-refractivity contribution in [1.29, 1.82) is 0 Å². The average Bonchev–Trinajstić information content (AvgIpc) is 2.04. The first-order valence-electron chi connectivity index (χ1n) is 3.44. The van der Waals surface area contributed by atoms with Crippen LogP contribution in [0.25, 0.3) is 0 Å². The molecule has 0 atom stereocenters. The first-order chi connectivity index (χ1) is 6.31. The Labute approximate surface area is 78.4 Å². The maximum absolute atomic E-state index is 12.9. The summed E-state index contributed by atoms with van der Waals surface area (Å²) in [6.07, 6.45) is 0. The van der Waals surface area contributed by atoms with E-state index in [1.807, 2.05) is 0 Å². The fourth-order valence-corrected chi connectivity index (χ4v) is 1.55. The van der Waals surface area contributed by atoms with Crippen LogP contribution >= 0.6 is 0 Å². The van der Waals surface area contributed by atoms with Gasteiger partial charge in [-0.15, -0.1) is 0 Å². The zero-order chi connectivity index (χ0) is 10.9. The second-order valence-electron chi connectivity index (χ2n) is 2.64. The lowest BCUT2D eigenvalue weighted by molar-refractivity contribution is 0.442. The largest absolute Gasteiger partial charge is 0.228 e. The van der Waals surface area contributed by atoms with Crippen molar-refractivity contribution in [3.8, 4) is 0 Å². The third kappa shape index (κ3) is 2.46. The molecule has 1 rings (SSSR count). The predicted molar refractivity (Wildman–Crippen MR) is 43.1 cm³/mol. The standard InChI is InChI=1S/C7H6F3NO2S/c8-5-2-1-4(3-14(11,12)13)6(9)7(5)10/h1-2H,3H2,(H2,11,12,13). The van der Waals surface area contributed by atoms with Crippen molar-refractivity contribution < 1.29 is 21.6 Å². The molecule has 3 nitrogen and oxygen atoms in total. The van der Waals surface area contributed by atoms with Gasteiger partial charge in [0.2, 0.25) is 10.0 Å². The lowest BCUT2D eigenvalue weighted by Crippen LogP contribution is -2.16. The first-order valence-corrected chi connectivity index (χ1v) is 5.15. The van der Waals surface area contributed by atoms with Gasteiger partial charge in [-0.3, -0.25) is 0 Å². The van der Waals surface area contributed by atoms with Crippen LogP contribution in [-0.4, -0.2) is 8.42 Å². The number of halogens is 3. The van der Waals surface area contributed by atoms with Crippen molar-refractivity contribution in [1.82, 2.24) is 0 Å². The van der Waals surface area contributed by atoms with E-state index in [1.54, 1.807) is 0 Å². The Balaban J connectivity index is 3.19. The summed E-state index contributed by atoms with van der Waals surface area (Å²) in [5.41, 5.74) is -0.494. The van der Waals surface area contributed by atoms with E-state index in [4.69, 9.17) is 0 Å². The van der Waals surface area contributed by atoms with Crippen LogP contribution in [-0.2, 0) is 15.8 Å². The molecule has 0 amide bonds. The lowest BCUT2D eigenvalue weighted by atomic mass is 10.2. The van der Waals surface area contributed by atoms with E-state index in [2.05, 4.69) is 5.14 Å². The van der Waals surface area contributed by atoms with Crippen LogP contribution in [0.4, 0.5) is 13.2 Å². The lowest BCUT2D eigenvalue weighted by Gasteiger charge is -2.02. The van der Waals surface area contributed by atoms with Crippen molar-refractivity contribution >= 4 is 10.0 Å². The van der Waals surface area contributed by atoms with Crippen molar-refractivity contribution in [2.24, 2.45) is 5.14 Å². The summed E-state index contributed by atoms with van der Waals surface area (Å²) >= 11 is 0. The van der Waals surface area contributed by atoms with Gasteiger partial charge in [0.15, 0.2) is 17.5 Å². The first kappa shape index (κ1) is 11.0. The molecule has 14 heavy (non-hydrogen) atoms. The van der Waals surface area contributed by atoms with Crippen LogP contribution in [0.5, 0.6) is 0 Å². The molecule has 1 aromatic rings. The second kappa shape index (κ2) is 3.58. The second-order valence-corrected chi connectivity index (χ2v) is 4.26. The summed E-state index contributed by atoms with van der Waals surface area (Å²) in [5, 5.41) is 4.61. The molecule has 0 saturated heterocycles. The minimum absolute atomic E-state index is 0.494. The number of rotatable bonds is 2. The Morgan fingerprint density at radius 2 is 1.71 bits per heavy atom. The molecular weight excluding hydrogens is 219 g/mol. The van der Waals surface area contributed by atoms with Crippen LogP contribution in [0.3, 0.4) is 0 Å². The monoisotopic (exact) mass is 225 g/mol. The summed E-state index contributed by atoms with van der Waals surface area (Å²) in [7, 11) is -3.96. The summed E-state index contributed by atoms with van der Waals surface area (Å²) in [5.74, 6) is -5.47.